The molecule has 0 atom stereocenters. The van der Waals surface area contributed by atoms with Gasteiger partial charge in [-0.3, -0.25) is 10.1 Å². The number of nitro groups is 1. The molecule has 1 aromatic carbocycles. The fourth-order valence-electron chi connectivity index (χ4n) is 2.13. The lowest BCUT2D eigenvalue weighted by atomic mass is 10.2. The molecule has 0 spiro atoms. The summed E-state index contributed by atoms with van der Waals surface area (Å²) in [4.78, 5) is 12.7. The molecule has 1 aliphatic rings. The largest absolute Gasteiger partial charge is 0.486 e. The molecule has 1 heterocycles. The van der Waals surface area contributed by atoms with Crippen LogP contribution < -0.4 is 19.7 Å². The summed E-state index contributed by atoms with van der Waals surface area (Å²) in [5.74, 6) is 1.01. The van der Waals surface area contributed by atoms with E-state index in [9.17, 15) is 10.1 Å². The SMILES string of the molecule is CNCCCN(C)c1cc2c(cc1[N+](=O)[O-])OCCO2. The molecular weight excluding hydrogens is 262 g/mol. The highest BCUT2D eigenvalue weighted by Gasteiger charge is 2.24. The average molecular weight is 281 g/mol. The van der Waals surface area contributed by atoms with Crippen LogP contribution in [0.3, 0.4) is 0 Å². The third-order valence-corrected chi connectivity index (χ3v) is 3.17. The monoisotopic (exact) mass is 281 g/mol. The summed E-state index contributed by atoms with van der Waals surface area (Å²) in [6.07, 6.45) is 0.901. The van der Waals surface area contributed by atoms with Crippen LogP contribution in [0.25, 0.3) is 0 Å². The zero-order valence-electron chi connectivity index (χ0n) is 11.7. The van der Waals surface area contributed by atoms with Gasteiger partial charge in [0.1, 0.15) is 18.9 Å². The van der Waals surface area contributed by atoms with E-state index >= 15 is 0 Å². The average Bonchev–Trinajstić information content (AvgIpc) is 2.46. The molecule has 0 aliphatic carbocycles. The third-order valence-electron chi connectivity index (χ3n) is 3.17. The van der Waals surface area contributed by atoms with Crippen LogP contribution in [0.1, 0.15) is 6.42 Å². The molecule has 1 aliphatic heterocycles. The summed E-state index contributed by atoms with van der Waals surface area (Å²) in [7, 11) is 3.72. The summed E-state index contributed by atoms with van der Waals surface area (Å²) in [6.45, 7) is 2.47. The van der Waals surface area contributed by atoms with Crippen LogP contribution in [0.15, 0.2) is 12.1 Å². The van der Waals surface area contributed by atoms with Gasteiger partial charge < -0.3 is 19.7 Å². The standard InChI is InChI=1S/C13H19N3O4/c1-14-4-3-5-15(2)10-8-12-13(20-7-6-19-12)9-11(10)16(17)18/h8-9,14H,3-7H2,1-2H3. The predicted molar refractivity (Wildman–Crippen MR) is 75.9 cm³/mol. The maximum Gasteiger partial charge on any atom is 0.296 e. The van der Waals surface area contributed by atoms with Gasteiger partial charge in [0.05, 0.1) is 11.0 Å². The second kappa shape index (κ2) is 6.42. The van der Waals surface area contributed by atoms with Crippen molar-refractivity contribution in [3.8, 4) is 11.5 Å². The number of nitro benzene ring substituents is 1. The first kappa shape index (κ1) is 14.4. The number of anilines is 1. The molecule has 7 heteroatoms. The molecule has 0 saturated heterocycles. The number of benzene rings is 1. The molecule has 110 valence electrons. The van der Waals surface area contributed by atoms with E-state index in [1.165, 1.54) is 6.07 Å². The van der Waals surface area contributed by atoms with Crippen molar-refractivity contribution in [2.45, 2.75) is 6.42 Å². The Morgan fingerprint density at radius 3 is 2.60 bits per heavy atom. The van der Waals surface area contributed by atoms with Gasteiger partial charge in [-0.05, 0) is 20.0 Å². The van der Waals surface area contributed by atoms with Gasteiger partial charge in [0.2, 0.25) is 0 Å². The third kappa shape index (κ3) is 3.11. The first-order valence-corrected chi connectivity index (χ1v) is 6.57. The number of nitrogens with zero attached hydrogens (tertiary/aromatic N) is 2. The van der Waals surface area contributed by atoms with Crippen LogP contribution in [-0.2, 0) is 0 Å². The van der Waals surface area contributed by atoms with Gasteiger partial charge in [-0.15, -0.1) is 0 Å². The Morgan fingerprint density at radius 2 is 2.00 bits per heavy atom. The van der Waals surface area contributed by atoms with Crippen LogP contribution in [0.2, 0.25) is 0 Å². The maximum atomic E-state index is 11.2. The molecule has 0 fully saturated rings. The molecule has 1 N–H and O–H groups in total. The van der Waals surface area contributed by atoms with Gasteiger partial charge in [-0.2, -0.15) is 0 Å². The fraction of sp³-hybridized carbons (Fsp3) is 0.538. The van der Waals surface area contributed by atoms with E-state index in [1.54, 1.807) is 6.07 Å². The molecular formula is C13H19N3O4. The minimum atomic E-state index is -0.387. The van der Waals surface area contributed by atoms with E-state index in [1.807, 2.05) is 19.0 Å². The minimum absolute atomic E-state index is 0.0428. The summed E-state index contributed by atoms with van der Waals surface area (Å²) in [5, 5.41) is 14.3. The highest BCUT2D eigenvalue weighted by molar-refractivity contribution is 5.69. The van der Waals surface area contributed by atoms with Crippen LogP contribution >= 0.6 is 0 Å². The molecule has 0 saturated carbocycles. The van der Waals surface area contributed by atoms with Crippen molar-refractivity contribution in [1.29, 1.82) is 0 Å². The van der Waals surface area contributed by atoms with Crippen molar-refractivity contribution in [2.24, 2.45) is 0 Å². The van der Waals surface area contributed by atoms with E-state index < -0.39 is 0 Å². The number of rotatable bonds is 6. The smallest absolute Gasteiger partial charge is 0.296 e. The summed E-state index contributed by atoms with van der Waals surface area (Å²) in [6, 6.07) is 3.13. The van der Waals surface area contributed by atoms with Gasteiger partial charge in [-0.1, -0.05) is 0 Å². The lowest BCUT2D eigenvalue weighted by Gasteiger charge is -2.23. The number of hydrogen-bond donors (Lipinski definition) is 1. The minimum Gasteiger partial charge on any atom is -0.486 e. The Hall–Kier alpha value is -2.02. The lowest BCUT2D eigenvalue weighted by Crippen LogP contribution is -2.23. The zero-order valence-corrected chi connectivity index (χ0v) is 11.7. The molecule has 7 nitrogen and oxygen atoms in total. The lowest BCUT2D eigenvalue weighted by molar-refractivity contribution is -0.384. The zero-order chi connectivity index (χ0) is 14.5. The van der Waals surface area contributed by atoms with Crippen LogP contribution in [0, 0.1) is 10.1 Å². The fourth-order valence-corrected chi connectivity index (χ4v) is 2.13. The summed E-state index contributed by atoms with van der Waals surface area (Å²) in [5.41, 5.74) is 0.594. The summed E-state index contributed by atoms with van der Waals surface area (Å²) < 4.78 is 10.9. The summed E-state index contributed by atoms with van der Waals surface area (Å²) >= 11 is 0. The molecule has 2 rings (SSSR count). The first-order chi connectivity index (χ1) is 9.63. The first-order valence-electron chi connectivity index (χ1n) is 6.57. The van der Waals surface area contributed by atoms with E-state index in [4.69, 9.17) is 9.47 Å². The van der Waals surface area contributed by atoms with Crippen LogP contribution in [0.5, 0.6) is 11.5 Å². The van der Waals surface area contributed by atoms with Crippen molar-refractivity contribution in [2.75, 3.05) is 45.3 Å². The second-order valence-corrected chi connectivity index (χ2v) is 4.62. The highest BCUT2D eigenvalue weighted by atomic mass is 16.6. The number of ether oxygens (including phenoxy) is 2. The molecule has 0 radical (unpaired) electrons. The van der Waals surface area contributed by atoms with Gasteiger partial charge >= 0.3 is 0 Å². The number of nitrogens with one attached hydrogen (secondary N) is 1. The van der Waals surface area contributed by atoms with Crippen molar-refractivity contribution in [3.63, 3.8) is 0 Å². The normalized spacial score (nSPS) is 13.1. The molecule has 20 heavy (non-hydrogen) atoms. The molecule has 1 aromatic rings. The van der Waals surface area contributed by atoms with E-state index in [0.29, 0.717) is 30.4 Å². The van der Waals surface area contributed by atoms with Crippen LogP contribution in [-0.4, -0.2) is 45.3 Å². The quantitative estimate of drug-likeness (QED) is 0.482. The van der Waals surface area contributed by atoms with Crippen LogP contribution in [0.4, 0.5) is 11.4 Å². The van der Waals surface area contributed by atoms with Crippen molar-refractivity contribution in [3.05, 3.63) is 22.2 Å². The molecule has 0 amide bonds. The topological polar surface area (TPSA) is 76.9 Å². The molecule has 0 aromatic heterocycles. The Kier molecular flexibility index (Phi) is 4.62. The van der Waals surface area contributed by atoms with Gasteiger partial charge in [-0.25, -0.2) is 0 Å². The van der Waals surface area contributed by atoms with E-state index in [-0.39, 0.29) is 10.6 Å². The van der Waals surface area contributed by atoms with Crippen molar-refractivity contribution in [1.82, 2.24) is 5.32 Å². The molecule has 0 bridgehead atoms. The van der Waals surface area contributed by atoms with Crippen molar-refractivity contribution >= 4 is 11.4 Å². The second-order valence-electron chi connectivity index (χ2n) is 4.62. The maximum absolute atomic E-state index is 11.2. The predicted octanol–water partition coefficient (Wildman–Crippen LogP) is 1.41. The Balaban J connectivity index is 2.27. The Morgan fingerprint density at radius 1 is 1.35 bits per heavy atom. The van der Waals surface area contributed by atoms with Gasteiger partial charge in [0.15, 0.2) is 11.5 Å². The number of fused-ring (bicyclic) bond motifs is 1. The Labute approximate surface area is 117 Å². The van der Waals surface area contributed by atoms with Crippen molar-refractivity contribution < 1.29 is 14.4 Å². The van der Waals surface area contributed by atoms with Gasteiger partial charge in [0.25, 0.3) is 5.69 Å². The molecule has 0 unspecified atom stereocenters. The number of hydrogen-bond acceptors (Lipinski definition) is 6. The highest BCUT2D eigenvalue weighted by Crippen LogP contribution is 2.40. The van der Waals surface area contributed by atoms with E-state index in [0.717, 1.165) is 19.5 Å². The Bertz CT molecular complexity index is 493. The van der Waals surface area contributed by atoms with E-state index in [2.05, 4.69) is 5.32 Å². The van der Waals surface area contributed by atoms with Gasteiger partial charge in [0, 0.05) is 19.7 Å².